The van der Waals surface area contributed by atoms with Crippen LogP contribution in [0, 0.1) is 0 Å². The van der Waals surface area contributed by atoms with Gasteiger partial charge in [0.05, 0.1) is 12.1 Å². The molecular formula is C24H33NO2Si. The van der Waals surface area contributed by atoms with Crippen LogP contribution in [0.15, 0.2) is 73.3 Å². The van der Waals surface area contributed by atoms with E-state index in [4.69, 9.17) is 4.43 Å². The number of benzene rings is 2. The number of hydrogen-bond donors (Lipinski definition) is 1. The van der Waals surface area contributed by atoms with Crippen LogP contribution in [0.25, 0.3) is 0 Å². The minimum Gasteiger partial charge on any atom is -0.403 e. The molecule has 0 unspecified atom stereocenters. The van der Waals surface area contributed by atoms with E-state index in [-0.39, 0.29) is 17.2 Å². The van der Waals surface area contributed by atoms with Gasteiger partial charge in [0.2, 0.25) is 0 Å². The Labute approximate surface area is 170 Å². The molecule has 1 N–H and O–H groups in total. The van der Waals surface area contributed by atoms with Gasteiger partial charge in [0.25, 0.3) is 8.32 Å². The van der Waals surface area contributed by atoms with Gasteiger partial charge in [-0.25, -0.2) is 0 Å². The highest BCUT2D eigenvalue weighted by molar-refractivity contribution is 6.99. The highest BCUT2D eigenvalue weighted by Crippen LogP contribution is 2.39. The standard InChI is InChI=1S/C24H33NO2Si/c1-5-13-22-23(18-12-19-25(22)26)27-28(24(2,3)4,20-14-8-6-9-15-20)21-16-10-7-11-17-21/h5-11,14-17,22-23,26H,1,12-13,18-19H2,2-4H3/t22-,23+/m1/s1. The van der Waals surface area contributed by atoms with Crippen molar-refractivity contribution in [3.05, 3.63) is 73.3 Å². The summed E-state index contributed by atoms with van der Waals surface area (Å²) >= 11 is 0. The zero-order valence-electron chi connectivity index (χ0n) is 17.3. The molecule has 1 heterocycles. The number of piperidine rings is 1. The molecule has 1 saturated heterocycles. The van der Waals surface area contributed by atoms with Gasteiger partial charge in [0.15, 0.2) is 0 Å². The molecule has 0 amide bonds. The summed E-state index contributed by atoms with van der Waals surface area (Å²) < 4.78 is 7.24. The fourth-order valence-corrected chi connectivity index (χ4v) is 9.25. The van der Waals surface area contributed by atoms with E-state index in [2.05, 4.69) is 88.0 Å². The molecule has 28 heavy (non-hydrogen) atoms. The second kappa shape index (κ2) is 8.74. The molecule has 0 bridgehead atoms. The summed E-state index contributed by atoms with van der Waals surface area (Å²) in [6, 6.07) is 21.4. The maximum Gasteiger partial charge on any atom is 0.261 e. The Kier molecular flexibility index (Phi) is 6.56. The summed E-state index contributed by atoms with van der Waals surface area (Å²) in [4.78, 5) is 0. The van der Waals surface area contributed by atoms with Gasteiger partial charge < -0.3 is 9.63 Å². The molecule has 0 aromatic heterocycles. The van der Waals surface area contributed by atoms with Crippen LogP contribution in [0.3, 0.4) is 0 Å². The molecule has 3 nitrogen and oxygen atoms in total. The second-order valence-electron chi connectivity index (χ2n) is 8.72. The van der Waals surface area contributed by atoms with Crippen LogP contribution in [0.1, 0.15) is 40.0 Å². The number of hydrogen-bond acceptors (Lipinski definition) is 3. The van der Waals surface area contributed by atoms with Crippen LogP contribution in [0.2, 0.25) is 5.04 Å². The SMILES string of the molecule is C=CC[C@@H]1[C@@H](O[Si](c2ccccc2)(c2ccccc2)C(C)(C)C)CCCN1O. The molecule has 150 valence electrons. The zero-order valence-corrected chi connectivity index (χ0v) is 18.3. The molecule has 2 aromatic carbocycles. The lowest BCUT2D eigenvalue weighted by Crippen LogP contribution is -2.69. The largest absolute Gasteiger partial charge is 0.403 e. The molecular weight excluding hydrogens is 362 g/mol. The Morgan fingerprint density at radius 3 is 2.07 bits per heavy atom. The Morgan fingerprint density at radius 2 is 1.61 bits per heavy atom. The third-order valence-corrected chi connectivity index (χ3v) is 10.9. The minimum atomic E-state index is -2.61. The number of rotatable bonds is 6. The lowest BCUT2D eigenvalue weighted by atomic mass is 9.98. The van der Waals surface area contributed by atoms with Crippen molar-refractivity contribution in [1.82, 2.24) is 5.06 Å². The van der Waals surface area contributed by atoms with Crippen molar-refractivity contribution in [3.63, 3.8) is 0 Å². The van der Waals surface area contributed by atoms with Gasteiger partial charge in [0, 0.05) is 6.54 Å². The maximum absolute atomic E-state index is 10.5. The molecule has 4 heteroatoms. The first-order valence-electron chi connectivity index (χ1n) is 10.3. The van der Waals surface area contributed by atoms with Crippen molar-refractivity contribution in [1.29, 1.82) is 0 Å². The van der Waals surface area contributed by atoms with Crippen molar-refractivity contribution >= 4 is 18.7 Å². The summed E-state index contributed by atoms with van der Waals surface area (Å²) in [5.74, 6) is 0. The molecule has 0 saturated carbocycles. The third kappa shape index (κ3) is 4.01. The normalized spacial score (nSPS) is 21.4. The first-order valence-corrected chi connectivity index (χ1v) is 12.2. The Bertz CT molecular complexity index is 718. The van der Waals surface area contributed by atoms with E-state index >= 15 is 0 Å². The Hall–Kier alpha value is -1.72. The van der Waals surface area contributed by atoms with Gasteiger partial charge >= 0.3 is 0 Å². The van der Waals surface area contributed by atoms with Crippen molar-refractivity contribution < 1.29 is 9.63 Å². The van der Waals surface area contributed by atoms with Gasteiger partial charge in [0.1, 0.15) is 0 Å². The van der Waals surface area contributed by atoms with Crippen molar-refractivity contribution in [2.75, 3.05) is 6.54 Å². The predicted molar refractivity (Wildman–Crippen MR) is 119 cm³/mol. The monoisotopic (exact) mass is 395 g/mol. The molecule has 0 aliphatic carbocycles. The second-order valence-corrected chi connectivity index (χ2v) is 13.0. The number of hydroxylamine groups is 2. The quantitative estimate of drug-likeness (QED) is 0.583. The molecule has 0 radical (unpaired) electrons. The average molecular weight is 396 g/mol. The predicted octanol–water partition coefficient (Wildman–Crippen LogP) is 4.36. The number of nitrogens with zero attached hydrogens (tertiary/aromatic N) is 1. The van der Waals surface area contributed by atoms with Crippen LogP contribution < -0.4 is 10.4 Å². The van der Waals surface area contributed by atoms with E-state index < -0.39 is 8.32 Å². The minimum absolute atomic E-state index is 0.0250. The van der Waals surface area contributed by atoms with Crippen LogP contribution in [0.5, 0.6) is 0 Å². The first-order chi connectivity index (χ1) is 13.4. The Balaban J connectivity index is 2.14. The van der Waals surface area contributed by atoms with E-state index in [1.165, 1.54) is 15.4 Å². The third-order valence-electron chi connectivity index (χ3n) is 5.84. The Morgan fingerprint density at radius 1 is 1.07 bits per heavy atom. The molecule has 3 rings (SSSR count). The first kappa shape index (κ1) is 21.0. The summed E-state index contributed by atoms with van der Waals surface area (Å²) in [5.41, 5.74) is 0. The molecule has 2 aromatic rings. The maximum atomic E-state index is 10.5. The van der Waals surface area contributed by atoms with Crippen molar-refractivity contribution in [2.24, 2.45) is 0 Å². The molecule has 0 spiro atoms. The highest BCUT2D eigenvalue weighted by Gasteiger charge is 2.52. The van der Waals surface area contributed by atoms with Gasteiger partial charge in [-0.1, -0.05) is 87.5 Å². The zero-order chi connectivity index (χ0) is 20.2. The van der Waals surface area contributed by atoms with E-state index in [0.717, 1.165) is 19.3 Å². The van der Waals surface area contributed by atoms with E-state index in [1.807, 2.05) is 6.08 Å². The van der Waals surface area contributed by atoms with Crippen LogP contribution in [-0.2, 0) is 4.43 Å². The smallest absolute Gasteiger partial charge is 0.261 e. The highest BCUT2D eigenvalue weighted by atomic mass is 28.4. The topological polar surface area (TPSA) is 32.7 Å². The van der Waals surface area contributed by atoms with E-state index in [9.17, 15) is 5.21 Å². The fraction of sp³-hybridized carbons (Fsp3) is 0.417. The van der Waals surface area contributed by atoms with E-state index in [0.29, 0.717) is 6.54 Å². The average Bonchev–Trinajstić information content (AvgIpc) is 2.69. The summed E-state index contributed by atoms with van der Waals surface area (Å²) in [7, 11) is -2.61. The summed E-state index contributed by atoms with van der Waals surface area (Å²) in [6.45, 7) is 11.5. The summed E-state index contributed by atoms with van der Waals surface area (Å²) in [6.07, 6.45) is 4.48. The van der Waals surface area contributed by atoms with Gasteiger partial charge in [-0.3, -0.25) is 0 Å². The molecule has 1 aliphatic rings. The van der Waals surface area contributed by atoms with E-state index in [1.54, 1.807) is 0 Å². The van der Waals surface area contributed by atoms with Gasteiger partial charge in [-0.05, 0) is 34.7 Å². The lowest BCUT2D eigenvalue weighted by Gasteiger charge is -2.48. The molecule has 1 aliphatic heterocycles. The van der Waals surface area contributed by atoms with Crippen molar-refractivity contribution in [3.8, 4) is 0 Å². The molecule has 2 atom stereocenters. The molecule has 1 fully saturated rings. The van der Waals surface area contributed by atoms with Gasteiger partial charge in [-0.15, -0.1) is 6.58 Å². The van der Waals surface area contributed by atoms with Crippen LogP contribution >= 0.6 is 0 Å². The van der Waals surface area contributed by atoms with Crippen LogP contribution in [0.4, 0.5) is 0 Å². The van der Waals surface area contributed by atoms with Crippen LogP contribution in [-0.4, -0.2) is 37.3 Å². The fourth-order valence-electron chi connectivity index (χ4n) is 4.50. The lowest BCUT2D eigenvalue weighted by molar-refractivity contribution is -0.169. The van der Waals surface area contributed by atoms with Gasteiger partial charge in [-0.2, -0.15) is 5.06 Å². The van der Waals surface area contributed by atoms with Crippen molar-refractivity contribution in [2.45, 2.75) is 57.2 Å². The summed E-state index contributed by atoms with van der Waals surface area (Å²) in [5, 5.41) is 14.5.